The molecule has 0 spiro atoms. The first-order valence-electron chi connectivity index (χ1n) is 9.51. The second kappa shape index (κ2) is 9.53. The molecular weight excluding hydrogens is 414 g/mol. The Bertz CT molecular complexity index is 1290. The van der Waals surface area contributed by atoms with Crippen LogP contribution in [0.25, 0.3) is 0 Å². The van der Waals surface area contributed by atoms with Crippen molar-refractivity contribution < 1.29 is 14.8 Å². The number of aryl methyl sites for hydroxylation is 1. The number of ether oxygens (including phenoxy) is 1. The number of methoxy groups -OCH3 is 1. The number of nitro groups is 1. The van der Waals surface area contributed by atoms with E-state index in [-0.39, 0.29) is 34.7 Å². The normalized spacial score (nSPS) is 10.8. The zero-order chi connectivity index (χ0) is 23.3. The summed E-state index contributed by atoms with van der Waals surface area (Å²) in [6.07, 6.45) is 0.410. The van der Waals surface area contributed by atoms with Crippen LogP contribution in [0.5, 0.6) is 11.6 Å². The molecule has 3 aromatic rings. The molecule has 0 radical (unpaired) electrons. The van der Waals surface area contributed by atoms with Crippen LogP contribution in [0.2, 0.25) is 0 Å². The Labute approximate surface area is 182 Å². The van der Waals surface area contributed by atoms with Crippen molar-refractivity contribution >= 4 is 17.1 Å². The molecule has 2 aromatic carbocycles. The van der Waals surface area contributed by atoms with Crippen LogP contribution in [0.1, 0.15) is 16.7 Å². The first kappa shape index (κ1) is 22.2. The highest BCUT2D eigenvalue weighted by Gasteiger charge is 2.19. The van der Waals surface area contributed by atoms with E-state index < -0.39 is 16.4 Å². The van der Waals surface area contributed by atoms with Crippen LogP contribution in [0, 0.1) is 28.4 Å². The minimum Gasteiger partial charge on any atom is -0.497 e. The van der Waals surface area contributed by atoms with Crippen LogP contribution in [-0.4, -0.2) is 21.7 Å². The van der Waals surface area contributed by atoms with Crippen molar-refractivity contribution in [2.75, 3.05) is 7.11 Å². The fraction of sp³-hybridized carbons (Fsp3) is 0.182. The molecule has 0 aliphatic carbocycles. The number of nitrogens with zero attached hydrogens (tertiary/aromatic N) is 5. The molecule has 0 saturated heterocycles. The van der Waals surface area contributed by atoms with E-state index in [1.165, 1.54) is 31.2 Å². The molecule has 1 aromatic heterocycles. The summed E-state index contributed by atoms with van der Waals surface area (Å²) in [5.74, 6) is 0.248. The van der Waals surface area contributed by atoms with E-state index in [4.69, 9.17) is 4.74 Å². The van der Waals surface area contributed by atoms with Crippen LogP contribution in [0.3, 0.4) is 0 Å². The maximum atomic E-state index is 13.0. The van der Waals surface area contributed by atoms with Crippen molar-refractivity contribution in [2.24, 2.45) is 10.2 Å². The largest absolute Gasteiger partial charge is 0.497 e. The number of non-ortho nitro benzene ring substituents is 1. The van der Waals surface area contributed by atoms with E-state index in [0.717, 1.165) is 10.1 Å². The standard InChI is InChI=1S/C22H19N5O5/c1-14-19(13-23)21(28)26(11-10-15-6-8-18(32-2)9-7-15)22(29)20(14)25-24-16-4-3-5-17(12-16)27(30)31/h3-9,12,28H,10-11H2,1-2H3. The fourth-order valence-corrected chi connectivity index (χ4v) is 3.07. The summed E-state index contributed by atoms with van der Waals surface area (Å²) in [6.45, 7) is 1.58. The van der Waals surface area contributed by atoms with Gasteiger partial charge in [-0.1, -0.05) is 18.2 Å². The number of aromatic hydroxyl groups is 1. The number of nitro benzene ring substituents is 1. The first-order valence-corrected chi connectivity index (χ1v) is 9.51. The van der Waals surface area contributed by atoms with E-state index in [2.05, 4.69) is 10.2 Å². The molecule has 10 heteroatoms. The summed E-state index contributed by atoms with van der Waals surface area (Å²) < 4.78 is 6.19. The molecule has 0 bridgehead atoms. The Morgan fingerprint density at radius 2 is 1.94 bits per heavy atom. The van der Waals surface area contributed by atoms with Crippen molar-refractivity contribution in [3.63, 3.8) is 0 Å². The molecule has 0 unspecified atom stereocenters. The van der Waals surface area contributed by atoms with E-state index in [9.17, 15) is 25.3 Å². The highest BCUT2D eigenvalue weighted by molar-refractivity contribution is 5.57. The van der Waals surface area contributed by atoms with Crippen LogP contribution in [0.15, 0.2) is 63.6 Å². The third kappa shape index (κ3) is 4.62. The van der Waals surface area contributed by atoms with Gasteiger partial charge in [0, 0.05) is 24.2 Å². The maximum Gasteiger partial charge on any atom is 0.281 e. The number of rotatable bonds is 7. The lowest BCUT2D eigenvalue weighted by Gasteiger charge is -2.13. The predicted molar refractivity (Wildman–Crippen MR) is 116 cm³/mol. The Balaban J connectivity index is 1.98. The van der Waals surface area contributed by atoms with Crippen LogP contribution in [0.4, 0.5) is 17.1 Å². The topological polar surface area (TPSA) is 143 Å². The third-order valence-corrected chi connectivity index (χ3v) is 4.86. The average Bonchev–Trinajstić information content (AvgIpc) is 2.79. The maximum absolute atomic E-state index is 13.0. The van der Waals surface area contributed by atoms with Crippen molar-refractivity contribution in [2.45, 2.75) is 19.9 Å². The van der Waals surface area contributed by atoms with Gasteiger partial charge in [0.15, 0.2) is 5.69 Å². The molecule has 0 aliphatic heterocycles. The smallest absolute Gasteiger partial charge is 0.281 e. The van der Waals surface area contributed by atoms with Gasteiger partial charge in [0.2, 0.25) is 5.88 Å². The number of pyridine rings is 1. The molecule has 1 N–H and O–H groups in total. The second-order valence-corrected chi connectivity index (χ2v) is 6.82. The van der Waals surface area contributed by atoms with Gasteiger partial charge in [-0.25, -0.2) is 0 Å². The summed E-state index contributed by atoms with van der Waals surface area (Å²) in [7, 11) is 1.56. The quantitative estimate of drug-likeness (QED) is 0.334. The molecule has 0 atom stereocenters. The highest BCUT2D eigenvalue weighted by atomic mass is 16.6. The number of nitriles is 1. The Kier molecular flexibility index (Phi) is 6.60. The zero-order valence-corrected chi connectivity index (χ0v) is 17.3. The van der Waals surface area contributed by atoms with Gasteiger partial charge in [-0.2, -0.15) is 10.4 Å². The molecule has 0 amide bonds. The Morgan fingerprint density at radius 3 is 2.56 bits per heavy atom. The van der Waals surface area contributed by atoms with Gasteiger partial charge < -0.3 is 9.84 Å². The SMILES string of the molecule is COc1ccc(CCn2c(O)c(C#N)c(C)c(N=Nc3cccc([N+](=O)[O-])c3)c2=O)cc1. The van der Waals surface area contributed by atoms with Gasteiger partial charge in [0.05, 0.1) is 17.7 Å². The minimum absolute atomic E-state index is 0.0904. The van der Waals surface area contributed by atoms with Gasteiger partial charge in [-0.15, -0.1) is 5.11 Å². The number of hydrogen-bond donors (Lipinski definition) is 1. The van der Waals surface area contributed by atoms with Crippen molar-refractivity contribution in [3.8, 4) is 17.7 Å². The molecule has 0 aliphatic rings. The predicted octanol–water partition coefficient (Wildman–Crippen LogP) is 4.31. The Hall–Kier alpha value is -4.52. The van der Waals surface area contributed by atoms with E-state index in [1.807, 2.05) is 18.2 Å². The summed E-state index contributed by atoms with van der Waals surface area (Å²) in [5.41, 5.74) is 0.239. The molecule has 32 heavy (non-hydrogen) atoms. The summed E-state index contributed by atoms with van der Waals surface area (Å²) in [6, 6.07) is 14.6. The second-order valence-electron chi connectivity index (χ2n) is 6.82. The number of aromatic nitrogens is 1. The Morgan fingerprint density at radius 1 is 1.22 bits per heavy atom. The summed E-state index contributed by atoms with van der Waals surface area (Å²) in [4.78, 5) is 23.4. The third-order valence-electron chi connectivity index (χ3n) is 4.86. The molecule has 162 valence electrons. The number of azo groups is 1. The van der Waals surface area contributed by atoms with Crippen molar-refractivity contribution in [1.29, 1.82) is 5.26 Å². The molecule has 0 saturated carbocycles. The van der Waals surface area contributed by atoms with Crippen LogP contribution >= 0.6 is 0 Å². The highest BCUT2D eigenvalue weighted by Crippen LogP contribution is 2.28. The monoisotopic (exact) mass is 433 g/mol. The van der Waals surface area contributed by atoms with Gasteiger partial charge in [0.1, 0.15) is 17.4 Å². The summed E-state index contributed by atoms with van der Waals surface area (Å²) >= 11 is 0. The molecule has 10 nitrogen and oxygen atoms in total. The number of benzene rings is 2. The van der Waals surface area contributed by atoms with Crippen LogP contribution < -0.4 is 10.3 Å². The van der Waals surface area contributed by atoms with Gasteiger partial charge in [0.25, 0.3) is 11.2 Å². The van der Waals surface area contributed by atoms with E-state index in [0.29, 0.717) is 12.2 Å². The van der Waals surface area contributed by atoms with Gasteiger partial charge >= 0.3 is 0 Å². The molecule has 3 rings (SSSR count). The average molecular weight is 433 g/mol. The van der Waals surface area contributed by atoms with E-state index >= 15 is 0 Å². The van der Waals surface area contributed by atoms with Gasteiger partial charge in [-0.3, -0.25) is 19.5 Å². The first-order chi connectivity index (χ1) is 15.3. The lowest BCUT2D eigenvalue weighted by molar-refractivity contribution is -0.384. The minimum atomic E-state index is -0.623. The summed E-state index contributed by atoms with van der Waals surface area (Å²) in [5, 5.41) is 38.8. The van der Waals surface area contributed by atoms with Gasteiger partial charge in [-0.05, 0) is 37.1 Å². The number of hydrogen-bond acceptors (Lipinski definition) is 8. The lowest BCUT2D eigenvalue weighted by Crippen LogP contribution is -2.22. The molecule has 1 heterocycles. The van der Waals surface area contributed by atoms with E-state index in [1.54, 1.807) is 19.2 Å². The lowest BCUT2D eigenvalue weighted by atomic mass is 10.1. The zero-order valence-electron chi connectivity index (χ0n) is 17.3. The fourth-order valence-electron chi connectivity index (χ4n) is 3.07. The molecular formula is C22H19N5O5. The van der Waals surface area contributed by atoms with Crippen LogP contribution in [-0.2, 0) is 13.0 Å². The van der Waals surface area contributed by atoms with Crippen molar-refractivity contribution in [1.82, 2.24) is 4.57 Å². The van der Waals surface area contributed by atoms with Crippen molar-refractivity contribution in [3.05, 3.63) is 85.7 Å². The molecule has 0 fully saturated rings.